The Labute approximate surface area is 156 Å². The Kier molecular flexibility index (Phi) is 4.62. The molecule has 0 amide bonds. The first-order valence-corrected chi connectivity index (χ1v) is 8.73. The van der Waals surface area contributed by atoms with Crippen molar-refractivity contribution in [2.75, 3.05) is 0 Å². The molecule has 26 heavy (non-hydrogen) atoms. The van der Waals surface area contributed by atoms with Gasteiger partial charge in [0.1, 0.15) is 12.4 Å². The van der Waals surface area contributed by atoms with Crippen molar-refractivity contribution < 1.29 is 4.74 Å². The standard InChI is InChI=1S/C21H17N3OS/c26-21-23-22-20(24(21)17-11-5-2-6-12-17)18-13-7-8-14-19(18)25-15-16-9-3-1-4-10-16/h1-14H,15H2,(H,23,26). The van der Waals surface area contributed by atoms with E-state index in [-0.39, 0.29) is 0 Å². The summed E-state index contributed by atoms with van der Waals surface area (Å²) in [6.45, 7) is 0.494. The summed E-state index contributed by atoms with van der Waals surface area (Å²) in [5.74, 6) is 1.49. The van der Waals surface area contributed by atoms with E-state index in [1.54, 1.807) is 0 Å². The van der Waals surface area contributed by atoms with Gasteiger partial charge in [0, 0.05) is 5.69 Å². The maximum Gasteiger partial charge on any atom is 0.200 e. The minimum absolute atomic E-state index is 0.494. The van der Waals surface area contributed by atoms with Gasteiger partial charge in [0.05, 0.1) is 5.56 Å². The molecule has 1 aromatic heterocycles. The van der Waals surface area contributed by atoms with Crippen LogP contribution in [0.5, 0.6) is 5.75 Å². The van der Waals surface area contributed by atoms with Crippen LogP contribution in [0.15, 0.2) is 84.9 Å². The number of benzene rings is 3. The quantitative estimate of drug-likeness (QED) is 0.500. The molecule has 0 saturated carbocycles. The molecular weight excluding hydrogens is 342 g/mol. The van der Waals surface area contributed by atoms with Gasteiger partial charge >= 0.3 is 0 Å². The van der Waals surface area contributed by atoms with Crippen LogP contribution in [0.3, 0.4) is 0 Å². The van der Waals surface area contributed by atoms with Crippen molar-refractivity contribution in [3.8, 4) is 22.8 Å². The average molecular weight is 359 g/mol. The van der Waals surface area contributed by atoms with Crippen molar-refractivity contribution in [3.05, 3.63) is 95.3 Å². The number of aromatic nitrogens is 3. The molecule has 1 heterocycles. The van der Waals surface area contributed by atoms with Crippen LogP contribution >= 0.6 is 12.2 Å². The Hall–Kier alpha value is -3.18. The molecule has 4 rings (SSSR count). The van der Waals surface area contributed by atoms with Crippen LogP contribution in [-0.4, -0.2) is 14.8 Å². The summed E-state index contributed by atoms with van der Waals surface area (Å²) in [6.07, 6.45) is 0. The molecule has 0 aliphatic heterocycles. The predicted molar refractivity (Wildman–Crippen MR) is 105 cm³/mol. The number of ether oxygens (including phenoxy) is 1. The molecule has 0 bridgehead atoms. The summed E-state index contributed by atoms with van der Waals surface area (Å²) in [7, 11) is 0. The highest BCUT2D eigenvalue weighted by Crippen LogP contribution is 2.30. The molecule has 0 fully saturated rings. The van der Waals surface area contributed by atoms with Crippen molar-refractivity contribution in [1.82, 2.24) is 14.8 Å². The van der Waals surface area contributed by atoms with Crippen molar-refractivity contribution >= 4 is 12.2 Å². The van der Waals surface area contributed by atoms with Gasteiger partial charge in [-0.05, 0) is 42.0 Å². The molecule has 4 nitrogen and oxygen atoms in total. The summed E-state index contributed by atoms with van der Waals surface area (Å²) in [6, 6.07) is 27.9. The highest BCUT2D eigenvalue weighted by Gasteiger charge is 2.15. The van der Waals surface area contributed by atoms with E-state index in [2.05, 4.69) is 10.2 Å². The molecule has 0 spiro atoms. The smallest absolute Gasteiger partial charge is 0.200 e. The Balaban J connectivity index is 1.73. The molecule has 4 aromatic rings. The number of nitrogens with zero attached hydrogens (tertiary/aromatic N) is 2. The van der Waals surface area contributed by atoms with Crippen LogP contribution in [-0.2, 0) is 6.61 Å². The highest BCUT2D eigenvalue weighted by atomic mass is 32.1. The Morgan fingerprint density at radius 1 is 0.846 bits per heavy atom. The third-order valence-electron chi connectivity index (χ3n) is 4.05. The third kappa shape index (κ3) is 3.30. The van der Waals surface area contributed by atoms with E-state index in [9.17, 15) is 0 Å². The van der Waals surface area contributed by atoms with Crippen molar-refractivity contribution in [1.29, 1.82) is 0 Å². The summed E-state index contributed by atoms with van der Waals surface area (Å²) < 4.78 is 8.54. The zero-order valence-electron chi connectivity index (χ0n) is 14.0. The lowest BCUT2D eigenvalue weighted by molar-refractivity contribution is 0.307. The van der Waals surface area contributed by atoms with E-state index in [1.807, 2.05) is 89.5 Å². The summed E-state index contributed by atoms with van der Waals surface area (Å²) in [4.78, 5) is 0. The maximum absolute atomic E-state index is 6.08. The van der Waals surface area contributed by atoms with Crippen LogP contribution in [0.25, 0.3) is 17.1 Å². The molecule has 0 atom stereocenters. The lowest BCUT2D eigenvalue weighted by Crippen LogP contribution is -2.01. The fraction of sp³-hybridized carbons (Fsp3) is 0.0476. The maximum atomic E-state index is 6.08. The zero-order chi connectivity index (χ0) is 17.8. The first-order chi connectivity index (χ1) is 12.8. The molecule has 0 aliphatic carbocycles. The van der Waals surface area contributed by atoms with Crippen LogP contribution in [0, 0.1) is 4.77 Å². The van der Waals surface area contributed by atoms with Crippen LogP contribution in [0.1, 0.15) is 5.56 Å². The second-order valence-electron chi connectivity index (χ2n) is 5.79. The van der Waals surface area contributed by atoms with Crippen LogP contribution in [0.2, 0.25) is 0 Å². The number of hydrogen-bond donors (Lipinski definition) is 1. The number of nitrogens with one attached hydrogen (secondary N) is 1. The number of rotatable bonds is 5. The minimum Gasteiger partial charge on any atom is -0.488 e. The zero-order valence-corrected chi connectivity index (χ0v) is 14.8. The number of para-hydroxylation sites is 2. The molecule has 128 valence electrons. The number of aromatic amines is 1. The lowest BCUT2D eigenvalue weighted by Gasteiger charge is -2.12. The predicted octanol–water partition coefficient (Wildman–Crippen LogP) is 5.18. The van der Waals surface area contributed by atoms with Gasteiger partial charge in [0.25, 0.3) is 0 Å². The van der Waals surface area contributed by atoms with Gasteiger partial charge in [-0.3, -0.25) is 9.67 Å². The second-order valence-corrected chi connectivity index (χ2v) is 6.18. The van der Waals surface area contributed by atoms with Crippen molar-refractivity contribution in [3.63, 3.8) is 0 Å². The third-order valence-corrected chi connectivity index (χ3v) is 4.33. The molecule has 5 heteroatoms. The fourth-order valence-corrected chi connectivity index (χ4v) is 3.04. The summed E-state index contributed by atoms with van der Waals surface area (Å²) >= 11 is 5.44. The van der Waals surface area contributed by atoms with Gasteiger partial charge in [0.15, 0.2) is 10.6 Å². The number of hydrogen-bond acceptors (Lipinski definition) is 3. The molecule has 0 saturated heterocycles. The molecule has 1 N–H and O–H groups in total. The summed E-state index contributed by atoms with van der Waals surface area (Å²) in [5, 5.41) is 7.34. The molecule has 0 unspecified atom stereocenters. The van der Waals surface area contributed by atoms with Crippen molar-refractivity contribution in [2.24, 2.45) is 0 Å². The SMILES string of the molecule is S=c1[nH]nc(-c2ccccc2OCc2ccccc2)n1-c1ccccc1. The van der Waals surface area contributed by atoms with Gasteiger partial charge in [-0.1, -0.05) is 60.7 Å². The monoisotopic (exact) mass is 359 g/mol. The topological polar surface area (TPSA) is 42.8 Å². The Morgan fingerprint density at radius 3 is 2.27 bits per heavy atom. The van der Waals surface area contributed by atoms with E-state index in [1.165, 1.54) is 0 Å². The summed E-state index contributed by atoms with van der Waals surface area (Å²) in [5.41, 5.74) is 2.96. The van der Waals surface area contributed by atoms with E-state index in [0.29, 0.717) is 11.4 Å². The fourth-order valence-electron chi connectivity index (χ4n) is 2.81. The van der Waals surface area contributed by atoms with E-state index >= 15 is 0 Å². The van der Waals surface area contributed by atoms with Gasteiger partial charge < -0.3 is 4.74 Å². The van der Waals surface area contributed by atoms with Gasteiger partial charge in [0.2, 0.25) is 0 Å². The Morgan fingerprint density at radius 2 is 1.50 bits per heavy atom. The first-order valence-electron chi connectivity index (χ1n) is 8.32. The highest BCUT2D eigenvalue weighted by molar-refractivity contribution is 7.71. The van der Waals surface area contributed by atoms with Gasteiger partial charge in [-0.2, -0.15) is 5.10 Å². The normalized spacial score (nSPS) is 10.6. The average Bonchev–Trinajstić information content (AvgIpc) is 3.09. The van der Waals surface area contributed by atoms with Gasteiger partial charge in [-0.15, -0.1) is 0 Å². The van der Waals surface area contributed by atoms with E-state index < -0.39 is 0 Å². The van der Waals surface area contributed by atoms with E-state index in [4.69, 9.17) is 17.0 Å². The molecule has 0 aliphatic rings. The lowest BCUT2D eigenvalue weighted by atomic mass is 10.1. The van der Waals surface area contributed by atoms with Crippen LogP contribution < -0.4 is 4.74 Å². The van der Waals surface area contributed by atoms with Gasteiger partial charge in [-0.25, -0.2) is 0 Å². The first kappa shape index (κ1) is 16.3. The Bertz CT molecular complexity index is 1060. The molecular formula is C21H17N3OS. The number of H-pyrrole nitrogens is 1. The molecule has 3 aromatic carbocycles. The van der Waals surface area contributed by atoms with Crippen LogP contribution in [0.4, 0.5) is 0 Å². The largest absolute Gasteiger partial charge is 0.488 e. The molecule has 0 radical (unpaired) electrons. The second kappa shape index (κ2) is 7.37. The van der Waals surface area contributed by atoms with Crippen molar-refractivity contribution in [2.45, 2.75) is 6.61 Å². The minimum atomic E-state index is 0.494. The van der Waals surface area contributed by atoms with E-state index in [0.717, 1.165) is 28.4 Å².